The van der Waals surface area contributed by atoms with Gasteiger partial charge in [0.05, 0.1) is 12.6 Å². The van der Waals surface area contributed by atoms with E-state index in [4.69, 9.17) is 4.74 Å². The summed E-state index contributed by atoms with van der Waals surface area (Å²) in [6, 6.07) is 9.57. The fraction of sp³-hybridized carbons (Fsp3) is 0.700. The molecule has 2 aliphatic rings. The number of hydrogen-bond acceptors (Lipinski definition) is 5. The van der Waals surface area contributed by atoms with Gasteiger partial charge in [0.2, 0.25) is 0 Å². The molecule has 2 saturated heterocycles. The summed E-state index contributed by atoms with van der Waals surface area (Å²) in [6.45, 7) is 14.1. The predicted molar refractivity (Wildman–Crippen MR) is 103 cm³/mol. The van der Waals surface area contributed by atoms with Crippen molar-refractivity contribution in [3.8, 4) is 5.75 Å². The van der Waals surface area contributed by atoms with Crippen LogP contribution in [0, 0.1) is 0 Å². The average molecular weight is 347 g/mol. The van der Waals surface area contributed by atoms with E-state index in [9.17, 15) is 0 Å². The topological polar surface area (TPSA) is 31.0 Å². The lowest BCUT2D eigenvalue weighted by molar-refractivity contribution is 0.0821. The van der Waals surface area contributed by atoms with E-state index in [-0.39, 0.29) is 0 Å². The number of rotatable bonds is 6. The molecule has 5 nitrogen and oxygen atoms in total. The van der Waals surface area contributed by atoms with Crippen molar-refractivity contribution in [2.45, 2.75) is 25.9 Å². The summed E-state index contributed by atoms with van der Waals surface area (Å²) in [5, 5.41) is 3.57. The van der Waals surface area contributed by atoms with Crippen molar-refractivity contribution >= 4 is 0 Å². The number of hydrogen-bond donors (Lipinski definition) is 1. The SMILES string of the molecule is CCOc1ccccc1C(CN1CCN(C)CC1)N1CCNC(C)C1. The van der Waals surface area contributed by atoms with Crippen LogP contribution in [0.15, 0.2) is 24.3 Å². The maximum atomic E-state index is 5.97. The Morgan fingerprint density at radius 3 is 2.64 bits per heavy atom. The smallest absolute Gasteiger partial charge is 0.124 e. The Kier molecular flexibility index (Phi) is 6.70. The first kappa shape index (κ1) is 18.6. The lowest BCUT2D eigenvalue weighted by Gasteiger charge is -2.42. The number of para-hydroxylation sites is 1. The van der Waals surface area contributed by atoms with Gasteiger partial charge in [-0.05, 0) is 27.0 Å². The molecule has 0 spiro atoms. The minimum Gasteiger partial charge on any atom is -0.494 e. The normalized spacial score (nSPS) is 25.0. The van der Waals surface area contributed by atoms with Crippen LogP contribution in [-0.2, 0) is 0 Å². The molecule has 1 aromatic rings. The van der Waals surface area contributed by atoms with Crippen LogP contribution >= 0.6 is 0 Å². The van der Waals surface area contributed by atoms with Crippen LogP contribution in [0.5, 0.6) is 5.75 Å². The Labute approximate surface area is 152 Å². The van der Waals surface area contributed by atoms with Crippen molar-refractivity contribution in [2.24, 2.45) is 0 Å². The van der Waals surface area contributed by atoms with Gasteiger partial charge in [-0.15, -0.1) is 0 Å². The maximum absolute atomic E-state index is 5.97. The number of ether oxygens (including phenoxy) is 1. The van der Waals surface area contributed by atoms with Crippen LogP contribution in [-0.4, -0.2) is 86.8 Å². The van der Waals surface area contributed by atoms with E-state index in [0.717, 1.165) is 64.7 Å². The summed E-state index contributed by atoms with van der Waals surface area (Å²) in [5.41, 5.74) is 1.34. The zero-order valence-corrected chi connectivity index (χ0v) is 16.1. The molecule has 2 unspecified atom stereocenters. The van der Waals surface area contributed by atoms with Crippen LogP contribution in [0.2, 0.25) is 0 Å². The van der Waals surface area contributed by atoms with Crippen LogP contribution in [0.25, 0.3) is 0 Å². The number of nitrogens with one attached hydrogen (secondary N) is 1. The third kappa shape index (κ3) is 4.94. The van der Waals surface area contributed by atoms with Gasteiger partial charge in [0.1, 0.15) is 5.75 Å². The first-order valence-electron chi connectivity index (χ1n) is 9.77. The van der Waals surface area contributed by atoms with E-state index in [1.54, 1.807) is 0 Å². The lowest BCUT2D eigenvalue weighted by atomic mass is 10.0. The molecule has 2 aliphatic heterocycles. The molecule has 3 rings (SSSR count). The monoisotopic (exact) mass is 346 g/mol. The highest BCUT2D eigenvalue weighted by Crippen LogP contribution is 2.31. The molecule has 1 aromatic carbocycles. The van der Waals surface area contributed by atoms with E-state index in [1.165, 1.54) is 5.56 Å². The van der Waals surface area contributed by atoms with Gasteiger partial charge in [-0.1, -0.05) is 18.2 Å². The zero-order chi connectivity index (χ0) is 17.6. The van der Waals surface area contributed by atoms with Gasteiger partial charge in [-0.2, -0.15) is 0 Å². The molecule has 0 saturated carbocycles. The summed E-state index contributed by atoms with van der Waals surface area (Å²) < 4.78 is 5.97. The molecule has 140 valence electrons. The Morgan fingerprint density at radius 1 is 1.16 bits per heavy atom. The zero-order valence-electron chi connectivity index (χ0n) is 16.1. The number of nitrogens with zero attached hydrogens (tertiary/aromatic N) is 3. The second-order valence-corrected chi connectivity index (χ2v) is 7.44. The van der Waals surface area contributed by atoms with E-state index < -0.39 is 0 Å². The molecule has 5 heteroatoms. The Hall–Kier alpha value is -1.14. The molecule has 2 fully saturated rings. The summed E-state index contributed by atoms with van der Waals surface area (Å²) in [4.78, 5) is 7.70. The molecule has 0 aliphatic carbocycles. The first-order chi connectivity index (χ1) is 12.2. The number of likely N-dealkylation sites (N-methyl/N-ethyl adjacent to an activating group) is 1. The van der Waals surface area contributed by atoms with Crippen molar-refractivity contribution in [2.75, 3.05) is 66.0 Å². The van der Waals surface area contributed by atoms with Crippen molar-refractivity contribution in [3.05, 3.63) is 29.8 Å². The minimum atomic E-state index is 0.399. The molecule has 0 radical (unpaired) electrons. The molecule has 0 aromatic heterocycles. The predicted octanol–water partition coefficient (Wildman–Crippen LogP) is 1.67. The van der Waals surface area contributed by atoms with Gasteiger partial charge in [-0.3, -0.25) is 9.80 Å². The van der Waals surface area contributed by atoms with Crippen LogP contribution in [0.3, 0.4) is 0 Å². The summed E-state index contributed by atoms with van der Waals surface area (Å²) in [6.07, 6.45) is 0. The minimum absolute atomic E-state index is 0.399. The van der Waals surface area contributed by atoms with Gasteiger partial charge >= 0.3 is 0 Å². The molecular formula is C20H34N4O. The third-order valence-corrected chi connectivity index (χ3v) is 5.45. The quantitative estimate of drug-likeness (QED) is 0.847. The van der Waals surface area contributed by atoms with Gasteiger partial charge in [-0.25, -0.2) is 0 Å². The third-order valence-electron chi connectivity index (χ3n) is 5.45. The van der Waals surface area contributed by atoms with Crippen molar-refractivity contribution < 1.29 is 4.74 Å². The first-order valence-corrected chi connectivity index (χ1v) is 9.77. The molecule has 2 atom stereocenters. The maximum Gasteiger partial charge on any atom is 0.124 e. The van der Waals surface area contributed by atoms with Gasteiger partial charge in [0.15, 0.2) is 0 Å². The highest BCUT2D eigenvalue weighted by atomic mass is 16.5. The number of piperazine rings is 2. The fourth-order valence-electron chi connectivity index (χ4n) is 3.97. The molecule has 0 amide bonds. The summed E-state index contributed by atoms with van der Waals surface area (Å²) >= 11 is 0. The van der Waals surface area contributed by atoms with E-state index in [0.29, 0.717) is 12.1 Å². The Bertz CT molecular complexity index is 530. The second kappa shape index (κ2) is 8.99. The molecule has 0 bridgehead atoms. The van der Waals surface area contributed by atoms with Crippen molar-refractivity contribution in [3.63, 3.8) is 0 Å². The molecule has 25 heavy (non-hydrogen) atoms. The molecule has 2 heterocycles. The van der Waals surface area contributed by atoms with Gasteiger partial charge in [0.25, 0.3) is 0 Å². The standard InChI is InChI=1S/C20H34N4O/c1-4-25-20-8-6-5-7-18(20)19(24-10-9-21-17(2)15-24)16-23-13-11-22(3)12-14-23/h5-8,17,19,21H,4,9-16H2,1-3H3. The average Bonchev–Trinajstić information content (AvgIpc) is 2.62. The van der Waals surface area contributed by atoms with E-state index in [1.807, 2.05) is 0 Å². The van der Waals surface area contributed by atoms with E-state index >= 15 is 0 Å². The fourth-order valence-corrected chi connectivity index (χ4v) is 3.97. The van der Waals surface area contributed by atoms with Crippen molar-refractivity contribution in [1.82, 2.24) is 20.0 Å². The van der Waals surface area contributed by atoms with E-state index in [2.05, 4.69) is 65.2 Å². The molecule has 1 N–H and O–H groups in total. The summed E-state index contributed by atoms with van der Waals surface area (Å²) in [7, 11) is 2.22. The lowest BCUT2D eigenvalue weighted by Crippen LogP contribution is -2.53. The van der Waals surface area contributed by atoms with Crippen LogP contribution in [0.4, 0.5) is 0 Å². The summed E-state index contributed by atoms with van der Waals surface area (Å²) in [5.74, 6) is 1.05. The Balaban J connectivity index is 1.81. The highest BCUT2D eigenvalue weighted by Gasteiger charge is 2.29. The van der Waals surface area contributed by atoms with Crippen LogP contribution < -0.4 is 10.1 Å². The largest absolute Gasteiger partial charge is 0.494 e. The van der Waals surface area contributed by atoms with Crippen LogP contribution in [0.1, 0.15) is 25.5 Å². The van der Waals surface area contributed by atoms with Gasteiger partial charge < -0.3 is 15.0 Å². The van der Waals surface area contributed by atoms with Gasteiger partial charge in [0, 0.05) is 64.0 Å². The Morgan fingerprint density at radius 2 is 1.92 bits per heavy atom. The molecular weight excluding hydrogens is 312 g/mol. The highest BCUT2D eigenvalue weighted by molar-refractivity contribution is 5.36. The van der Waals surface area contributed by atoms with Crippen molar-refractivity contribution in [1.29, 1.82) is 0 Å². The number of benzene rings is 1. The second-order valence-electron chi connectivity index (χ2n) is 7.44.